The highest BCUT2D eigenvalue weighted by Crippen LogP contribution is 2.33. The van der Waals surface area contributed by atoms with E-state index >= 15 is 0 Å². The van der Waals surface area contributed by atoms with Crippen molar-refractivity contribution in [3.05, 3.63) is 42.5 Å². The molecule has 0 aliphatic carbocycles. The standard InChI is InChI=1S/C20H22N4O2S/c1-2-10-23-19(26)17(21-20(23)27)16-14-8-4-5-9-15(14)24(18(16)25)13-22-11-6-3-7-12-22/h2,4-5,8-9,25H,1,3,6-7,10-13H2/p+1. The number of aromatic hydroxyl groups is 1. The molecule has 1 aromatic heterocycles. The highest BCUT2D eigenvalue weighted by Gasteiger charge is 2.35. The molecule has 2 aliphatic rings. The van der Waals surface area contributed by atoms with Crippen LogP contribution in [0, 0.1) is 0 Å². The van der Waals surface area contributed by atoms with Crippen molar-refractivity contribution < 1.29 is 14.8 Å². The lowest BCUT2D eigenvalue weighted by Crippen LogP contribution is -3.12. The molecule has 27 heavy (non-hydrogen) atoms. The smallest absolute Gasteiger partial charge is 0.279 e. The third-order valence-corrected chi connectivity index (χ3v) is 5.63. The fraction of sp³-hybridized carbons (Fsp3) is 0.350. The minimum absolute atomic E-state index is 0.0876. The van der Waals surface area contributed by atoms with Crippen molar-refractivity contribution in [3.63, 3.8) is 0 Å². The summed E-state index contributed by atoms with van der Waals surface area (Å²) >= 11 is 5.24. The van der Waals surface area contributed by atoms with Crippen LogP contribution in [0.15, 0.2) is 41.9 Å². The lowest BCUT2D eigenvalue weighted by atomic mass is 10.1. The lowest BCUT2D eigenvalue weighted by molar-refractivity contribution is -0.927. The summed E-state index contributed by atoms with van der Waals surface area (Å²) in [5, 5.41) is 12.1. The Balaban J connectivity index is 1.79. The first-order chi connectivity index (χ1) is 13.1. The van der Waals surface area contributed by atoms with E-state index in [-0.39, 0.29) is 22.6 Å². The van der Waals surface area contributed by atoms with Gasteiger partial charge in [-0.15, -0.1) is 6.58 Å². The van der Waals surface area contributed by atoms with Gasteiger partial charge in [0, 0.05) is 11.9 Å². The SMILES string of the molecule is C=CCN1C(=O)C(c2c(O)n(C[NH+]3CCCCC3)c3ccccc23)=NC1=S. The van der Waals surface area contributed by atoms with Gasteiger partial charge in [-0.1, -0.05) is 24.3 Å². The van der Waals surface area contributed by atoms with Crippen LogP contribution in [0.3, 0.4) is 0 Å². The summed E-state index contributed by atoms with van der Waals surface area (Å²) < 4.78 is 1.90. The van der Waals surface area contributed by atoms with Gasteiger partial charge in [0.1, 0.15) is 5.71 Å². The van der Waals surface area contributed by atoms with Gasteiger partial charge in [0.05, 0.1) is 24.2 Å². The molecule has 0 spiro atoms. The molecule has 0 unspecified atom stereocenters. The van der Waals surface area contributed by atoms with E-state index in [2.05, 4.69) is 11.6 Å². The van der Waals surface area contributed by atoms with E-state index in [0.29, 0.717) is 18.8 Å². The minimum atomic E-state index is -0.288. The summed E-state index contributed by atoms with van der Waals surface area (Å²) in [5.41, 5.74) is 1.59. The highest BCUT2D eigenvalue weighted by atomic mass is 32.1. The van der Waals surface area contributed by atoms with Gasteiger partial charge in [0.15, 0.2) is 6.67 Å². The lowest BCUT2D eigenvalue weighted by Gasteiger charge is -2.24. The number of piperidine rings is 1. The Morgan fingerprint density at radius 1 is 1.26 bits per heavy atom. The number of likely N-dealkylation sites (tertiary alicyclic amines) is 1. The number of nitrogens with zero attached hydrogens (tertiary/aromatic N) is 3. The number of hydrogen-bond donors (Lipinski definition) is 2. The summed E-state index contributed by atoms with van der Waals surface area (Å²) in [6.45, 7) is 6.84. The number of amides is 1. The molecule has 7 heteroatoms. The number of thiocarbonyl (C=S) groups is 1. The summed E-state index contributed by atoms with van der Waals surface area (Å²) in [6, 6.07) is 7.74. The molecule has 3 heterocycles. The summed E-state index contributed by atoms with van der Waals surface area (Å²) in [4.78, 5) is 20.0. The maximum absolute atomic E-state index is 12.8. The number of nitrogens with one attached hydrogen (secondary N) is 1. The maximum Gasteiger partial charge on any atom is 0.279 e. The largest absolute Gasteiger partial charge is 0.494 e. The van der Waals surface area contributed by atoms with Gasteiger partial charge in [0.2, 0.25) is 11.0 Å². The second-order valence-electron chi connectivity index (χ2n) is 7.06. The van der Waals surface area contributed by atoms with Crippen molar-refractivity contribution in [2.75, 3.05) is 19.6 Å². The number of aliphatic imine (C=N–C) groups is 1. The van der Waals surface area contributed by atoms with Gasteiger partial charge >= 0.3 is 0 Å². The normalized spacial score (nSPS) is 18.4. The number of carbonyl (C=O) groups is 1. The Bertz CT molecular complexity index is 956. The van der Waals surface area contributed by atoms with E-state index in [0.717, 1.165) is 24.0 Å². The summed E-state index contributed by atoms with van der Waals surface area (Å²) in [7, 11) is 0. The van der Waals surface area contributed by atoms with Crippen molar-refractivity contribution in [3.8, 4) is 5.88 Å². The number of rotatable bonds is 5. The second kappa shape index (κ2) is 7.25. The average molecular weight is 383 g/mol. The predicted molar refractivity (Wildman–Crippen MR) is 109 cm³/mol. The third-order valence-electron chi connectivity index (χ3n) is 5.32. The van der Waals surface area contributed by atoms with Gasteiger partial charge in [-0.25, -0.2) is 4.99 Å². The zero-order valence-corrected chi connectivity index (χ0v) is 16.0. The Kier molecular flexibility index (Phi) is 4.80. The molecular weight excluding hydrogens is 360 g/mol. The Labute approximate surface area is 163 Å². The van der Waals surface area contributed by atoms with E-state index in [1.807, 2.05) is 28.8 Å². The van der Waals surface area contributed by atoms with Crippen LogP contribution in [-0.4, -0.2) is 50.9 Å². The molecule has 140 valence electrons. The van der Waals surface area contributed by atoms with Gasteiger partial charge in [-0.2, -0.15) is 0 Å². The van der Waals surface area contributed by atoms with E-state index < -0.39 is 0 Å². The van der Waals surface area contributed by atoms with Crippen LogP contribution in [0.5, 0.6) is 5.88 Å². The fourth-order valence-electron chi connectivity index (χ4n) is 3.99. The van der Waals surface area contributed by atoms with Gasteiger partial charge in [-0.05, 0) is 37.5 Å². The summed E-state index contributed by atoms with van der Waals surface area (Å²) in [6.07, 6.45) is 5.30. The molecule has 0 atom stereocenters. The van der Waals surface area contributed by atoms with Crippen molar-refractivity contribution in [1.82, 2.24) is 9.47 Å². The Morgan fingerprint density at radius 2 is 2.00 bits per heavy atom. The fourth-order valence-corrected chi connectivity index (χ4v) is 4.24. The number of benzene rings is 1. The quantitative estimate of drug-likeness (QED) is 0.607. The van der Waals surface area contributed by atoms with Crippen LogP contribution in [-0.2, 0) is 11.5 Å². The number of quaternary nitrogens is 1. The first-order valence-corrected chi connectivity index (χ1v) is 9.72. The molecule has 1 aromatic carbocycles. The Hall–Kier alpha value is -2.51. The van der Waals surface area contributed by atoms with Crippen molar-refractivity contribution in [2.24, 2.45) is 4.99 Å². The molecule has 1 amide bonds. The van der Waals surface area contributed by atoms with E-state index in [1.54, 1.807) is 6.08 Å². The number of fused-ring (bicyclic) bond motifs is 1. The van der Waals surface area contributed by atoms with E-state index in [1.165, 1.54) is 29.1 Å². The van der Waals surface area contributed by atoms with E-state index in [4.69, 9.17) is 12.2 Å². The van der Waals surface area contributed by atoms with Gasteiger partial charge < -0.3 is 10.0 Å². The van der Waals surface area contributed by atoms with Crippen LogP contribution in [0.25, 0.3) is 10.9 Å². The van der Waals surface area contributed by atoms with Crippen LogP contribution in [0.2, 0.25) is 0 Å². The number of aromatic nitrogens is 1. The van der Waals surface area contributed by atoms with Crippen LogP contribution in [0.1, 0.15) is 24.8 Å². The highest BCUT2D eigenvalue weighted by molar-refractivity contribution is 7.80. The third kappa shape index (κ3) is 3.07. The zero-order valence-electron chi connectivity index (χ0n) is 15.1. The van der Waals surface area contributed by atoms with Gasteiger partial charge in [-0.3, -0.25) is 14.3 Å². The van der Waals surface area contributed by atoms with Gasteiger partial charge in [0.25, 0.3) is 5.91 Å². The topological polar surface area (TPSA) is 62.3 Å². The van der Waals surface area contributed by atoms with Crippen molar-refractivity contribution in [1.29, 1.82) is 0 Å². The molecule has 0 radical (unpaired) electrons. The second-order valence-corrected chi connectivity index (χ2v) is 7.43. The monoisotopic (exact) mass is 383 g/mol. The average Bonchev–Trinajstić information content (AvgIpc) is 3.11. The molecule has 2 aromatic rings. The summed E-state index contributed by atoms with van der Waals surface area (Å²) in [5.74, 6) is -0.201. The van der Waals surface area contributed by atoms with Crippen molar-refractivity contribution in [2.45, 2.75) is 25.9 Å². The molecule has 1 fully saturated rings. The van der Waals surface area contributed by atoms with Crippen LogP contribution >= 0.6 is 12.2 Å². The molecule has 2 aliphatic heterocycles. The molecule has 1 saturated heterocycles. The Morgan fingerprint density at radius 3 is 2.74 bits per heavy atom. The maximum atomic E-state index is 12.8. The first kappa shape index (κ1) is 17.9. The minimum Gasteiger partial charge on any atom is -0.494 e. The molecule has 0 saturated carbocycles. The van der Waals surface area contributed by atoms with Crippen LogP contribution in [0.4, 0.5) is 0 Å². The van der Waals surface area contributed by atoms with E-state index in [9.17, 15) is 9.90 Å². The van der Waals surface area contributed by atoms with Crippen LogP contribution < -0.4 is 4.90 Å². The number of para-hydroxylation sites is 1. The zero-order chi connectivity index (χ0) is 19.0. The molecule has 2 N–H and O–H groups in total. The van der Waals surface area contributed by atoms with Crippen molar-refractivity contribution >= 4 is 39.9 Å². The molecule has 6 nitrogen and oxygen atoms in total. The first-order valence-electron chi connectivity index (χ1n) is 9.31. The molecular formula is C20H23N4O2S+. The predicted octanol–water partition coefficient (Wildman–Crippen LogP) is 1.48. The number of hydrogen-bond acceptors (Lipinski definition) is 3. The number of carbonyl (C=O) groups excluding carboxylic acids is 1. The molecule has 0 bridgehead atoms. The molecule has 4 rings (SSSR count).